The van der Waals surface area contributed by atoms with Crippen LogP contribution in [0.2, 0.25) is 0 Å². The fourth-order valence-corrected chi connectivity index (χ4v) is 3.09. The third kappa shape index (κ3) is 2.58. The fraction of sp³-hybridized carbons (Fsp3) is 0.200. The largest absolute Gasteiger partial charge is 0.508 e. The molecule has 2 heterocycles. The van der Waals surface area contributed by atoms with Gasteiger partial charge in [0.2, 0.25) is 0 Å². The molecule has 2 aromatic carbocycles. The third-order valence-corrected chi connectivity index (χ3v) is 4.36. The number of aliphatic hydroxyl groups is 1. The summed E-state index contributed by atoms with van der Waals surface area (Å²) < 4.78 is 11.5. The molecule has 3 N–H and O–H groups in total. The van der Waals surface area contributed by atoms with Gasteiger partial charge in [-0.25, -0.2) is 0 Å². The first-order valence-corrected chi connectivity index (χ1v) is 7.98. The lowest BCUT2D eigenvalue weighted by molar-refractivity contribution is 0.159. The molecular weight excluding hydrogens is 320 g/mol. The molecule has 2 aliphatic heterocycles. The molecule has 0 radical (unpaired) electrons. The minimum Gasteiger partial charge on any atom is -0.508 e. The first-order chi connectivity index (χ1) is 11.8. The standard InChI is InChI=1S/C20H18O5/c1-20(2)6-5-12-7-11(3-4-16(12)25-20)14-10-24-17-9-13(21)8-15(22)18(17)19(14)23/h3-9,21-23H,10H2,1-2H3. The van der Waals surface area contributed by atoms with Crippen LogP contribution in [-0.2, 0) is 0 Å². The third-order valence-electron chi connectivity index (χ3n) is 4.36. The Morgan fingerprint density at radius 1 is 1.00 bits per heavy atom. The van der Waals surface area contributed by atoms with Crippen molar-refractivity contribution in [1.29, 1.82) is 0 Å². The van der Waals surface area contributed by atoms with Crippen molar-refractivity contribution in [1.82, 2.24) is 0 Å². The summed E-state index contributed by atoms with van der Waals surface area (Å²) in [6.07, 6.45) is 3.97. The Hall–Kier alpha value is -3.08. The molecule has 5 heteroatoms. The van der Waals surface area contributed by atoms with Crippen LogP contribution in [0, 0.1) is 0 Å². The molecule has 0 unspecified atom stereocenters. The highest BCUT2D eigenvalue weighted by Gasteiger charge is 2.27. The first-order valence-electron chi connectivity index (χ1n) is 7.98. The topological polar surface area (TPSA) is 79.2 Å². The van der Waals surface area contributed by atoms with E-state index in [-0.39, 0.29) is 40.8 Å². The van der Waals surface area contributed by atoms with Crippen LogP contribution in [0.15, 0.2) is 36.4 Å². The van der Waals surface area contributed by atoms with Crippen LogP contribution in [0.3, 0.4) is 0 Å². The molecule has 0 fully saturated rings. The van der Waals surface area contributed by atoms with E-state index in [1.54, 1.807) is 0 Å². The van der Waals surface area contributed by atoms with Gasteiger partial charge in [-0.05, 0) is 37.6 Å². The Balaban J connectivity index is 1.80. The normalized spacial score (nSPS) is 17.4. The van der Waals surface area contributed by atoms with E-state index in [4.69, 9.17) is 9.47 Å². The Bertz CT molecular complexity index is 937. The molecule has 0 spiro atoms. The zero-order chi connectivity index (χ0) is 17.8. The highest BCUT2D eigenvalue weighted by Crippen LogP contribution is 2.43. The van der Waals surface area contributed by atoms with E-state index in [0.29, 0.717) is 5.57 Å². The zero-order valence-corrected chi connectivity index (χ0v) is 13.9. The highest BCUT2D eigenvalue weighted by atomic mass is 16.5. The van der Waals surface area contributed by atoms with Crippen LogP contribution < -0.4 is 9.47 Å². The monoisotopic (exact) mass is 338 g/mol. The lowest BCUT2D eigenvalue weighted by Crippen LogP contribution is -2.27. The number of hydrogen-bond acceptors (Lipinski definition) is 5. The fourth-order valence-electron chi connectivity index (χ4n) is 3.09. The molecule has 0 amide bonds. The summed E-state index contributed by atoms with van der Waals surface area (Å²) in [6.45, 7) is 4.11. The summed E-state index contributed by atoms with van der Waals surface area (Å²) in [4.78, 5) is 0. The van der Waals surface area contributed by atoms with E-state index in [9.17, 15) is 15.3 Å². The van der Waals surface area contributed by atoms with Gasteiger partial charge in [0, 0.05) is 23.3 Å². The van der Waals surface area contributed by atoms with Gasteiger partial charge in [0.05, 0.1) is 0 Å². The summed E-state index contributed by atoms with van der Waals surface area (Å²) in [6, 6.07) is 8.17. The van der Waals surface area contributed by atoms with Gasteiger partial charge >= 0.3 is 0 Å². The Morgan fingerprint density at radius 2 is 1.80 bits per heavy atom. The number of aliphatic hydroxyl groups excluding tert-OH is 1. The van der Waals surface area contributed by atoms with E-state index >= 15 is 0 Å². The van der Waals surface area contributed by atoms with Gasteiger partial charge in [0.15, 0.2) is 0 Å². The second-order valence-electron chi connectivity index (χ2n) is 6.75. The average molecular weight is 338 g/mol. The number of phenolic OH excluding ortho intramolecular Hbond substituents is 2. The minimum absolute atomic E-state index is 0.0558. The summed E-state index contributed by atoms with van der Waals surface area (Å²) in [5.74, 6) is 0.626. The second kappa shape index (κ2) is 5.21. The van der Waals surface area contributed by atoms with Crippen molar-refractivity contribution in [3.05, 3.63) is 53.1 Å². The van der Waals surface area contributed by atoms with Crippen LogP contribution in [0.4, 0.5) is 0 Å². The molecule has 4 rings (SSSR count). The number of benzene rings is 2. The highest BCUT2D eigenvalue weighted by molar-refractivity contribution is 5.93. The molecule has 0 aliphatic carbocycles. The van der Waals surface area contributed by atoms with Crippen molar-refractivity contribution >= 4 is 17.4 Å². The SMILES string of the molecule is CC1(C)C=Cc2cc(C3=C(O)c4c(O)cc(O)cc4OC3)ccc2O1. The number of aromatic hydroxyl groups is 2. The molecule has 0 saturated carbocycles. The number of phenols is 2. The van der Waals surface area contributed by atoms with Crippen molar-refractivity contribution in [3.8, 4) is 23.0 Å². The van der Waals surface area contributed by atoms with Crippen LogP contribution >= 0.6 is 0 Å². The van der Waals surface area contributed by atoms with Gasteiger partial charge < -0.3 is 24.8 Å². The van der Waals surface area contributed by atoms with Gasteiger partial charge in [0.1, 0.15) is 46.5 Å². The lowest BCUT2D eigenvalue weighted by atomic mass is 9.95. The number of ether oxygens (including phenoxy) is 2. The molecule has 2 aromatic rings. The number of hydrogen-bond donors (Lipinski definition) is 3. The van der Waals surface area contributed by atoms with E-state index in [2.05, 4.69) is 0 Å². The Kier molecular flexibility index (Phi) is 3.22. The van der Waals surface area contributed by atoms with Crippen LogP contribution in [-0.4, -0.2) is 27.5 Å². The first kappa shape index (κ1) is 15.4. The van der Waals surface area contributed by atoms with Crippen LogP contribution in [0.1, 0.15) is 30.5 Å². The van der Waals surface area contributed by atoms with E-state index < -0.39 is 0 Å². The van der Waals surface area contributed by atoms with Gasteiger partial charge in [0.25, 0.3) is 0 Å². The maximum Gasteiger partial charge on any atom is 0.138 e. The average Bonchev–Trinajstić information content (AvgIpc) is 2.53. The molecule has 0 aromatic heterocycles. The van der Waals surface area contributed by atoms with Gasteiger partial charge in [-0.2, -0.15) is 0 Å². The van der Waals surface area contributed by atoms with Crippen molar-refractivity contribution < 1.29 is 24.8 Å². The molecule has 0 atom stereocenters. The van der Waals surface area contributed by atoms with E-state index in [1.165, 1.54) is 12.1 Å². The molecule has 0 bridgehead atoms. The van der Waals surface area contributed by atoms with Crippen LogP contribution in [0.25, 0.3) is 17.4 Å². The van der Waals surface area contributed by atoms with Crippen molar-refractivity contribution in [2.45, 2.75) is 19.4 Å². The molecule has 128 valence electrons. The Labute approximate surface area is 145 Å². The maximum atomic E-state index is 10.6. The molecular formula is C20H18O5. The maximum absolute atomic E-state index is 10.6. The summed E-state index contributed by atoms with van der Waals surface area (Å²) in [7, 11) is 0. The Morgan fingerprint density at radius 3 is 2.60 bits per heavy atom. The summed E-state index contributed by atoms with van der Waals surface area (Å²) in [5.41, 5.74) is 2.09. The lowest BCUT2D eigenvalue weighted by Gasteiger charge is -2.28. The van der Waals surface area contributed by atoms with Gasteiger partial charge in [-0.3, -0.25) is 0 Å². The van der Waals surface area contributed by atoms with Crippen molar-refractivity contribution in [2.75, 3.05) is 6.61 Å². The molecule has 0 saturated heterocycles. The molecule has 2 aliphatic rings. The van der Waals surface area contributed by atoms with Crippen molar-refractivity contribution in [2.24, 2.45) is 0 Å². The summed E-state index contributed by atoms with van der Waals surface area (Å²) in [5, 5.41) is 30.3. The molecule has 25 heavy (non-hydrogen) atoms. The van der Waals surface area contributed by atoms with E-state index in [0.717, 1.165) is 16.9 Å². The van der Waals surface area contributed by atoms with Gasteiger partial charge in [-0.15, -0.1) is 0 Å². The zero-order valence-electron chi connectivity index (χ0n) is 13.9. The van der Waals surface area contributed by atoms with E-state index in [1.807, 2.05) is 44.2 Å². The quantitative estimate of drug-likeness (QED) is 0.729. The molecule has 5 nitrogen and oxygen atoms in total. The minimum atomic E-state index is -0.351. The number of fused-ring (bicyclic) bond motifs is 2. The number of rotatable bonds is 1. The summed E-state index contributed by atoms with van der Waals surface area (Å²) >= 11 is 0. The predicted octanol–water partition coefficient (Wildman–Crippen LogP) is 4.10. The van der Waals surface area contributed by atoms with Gasteiger partial charge in [-0.1, -0.05) is 12.1 Å². The smallest absolute Gasteiger partial charge is 0.138 e. The van der Waals surface area contributed by atoms with Crippen molar-refractivity contribution in [3.63, 3.8) is 0 Å². The van der Waals surface area contributed by atoms with Crippen LogP contribution in [0.5, 0.6) is 23.0 Å². The predicted molar refractivity (Wildman–Crippen MR) is 94.9 cm³/mol. The second-order valence-corrected chi connectivity index (χ2v) is 6.75.